The minimum atomic E-state index is -3.35. The number of morpholine rings is 1. The molecule has 1 rings (SSSR count). The van der Waals surface area contributed by atoms with Crippen LogP contribution >= 0.6 is 11.6 Å². The highest BCUT2D eigenvalue weighted by Gasteiger charge is 2.24. The molecule has 18 heavy (non-hydrogen) atoms. The molecule has 0 radical (unpaired) electrons. The molecule has 0 bridgehead atoms. The average molecular weight is 299 g/mol. The van der Waals surface area contributed by atoms with Gasteiger partial charge in [0.2, 0.25) is 0 Å². The maximum atomic E-state index is 12.0. The summed E-state index contributed by atoms with van der Waals surface area (Å²) >= 11 is 5.73. The second-order valence-corrected chi connectivity index (χ2v) is 6.63. The van der Waals surface area contributed by atoms with Gasteiger partial charge in [0, 0.05) is 25.5 Å². The number of nitrogens with one attached hydrogen (secondary N) is 1. The van der Waals surface area contributed by atoms with Crippen LogP contribution in [0, 0.1) is 5.92 Å². The van der Waals surface area contributed by atoms with Gasteiger partial charge in [0.05, 0.1) is 13.2 Å². The van der Waals surface area contributed by atoms with Crippen LogP contribution in [0.25, 0.3) is 0 Å². The fourth-order valence-electron chi connectivity index (χ4n) is 2.01. The minimum Gasteiger partial charge on any atom is -0.379 e. The first-order chi connectivity index (χ1) is 8.60. The van der Waals surface area contributed by atoms with Gasteiger partial charge >= 0.3 is 0 Å². The molecular weight excluding hydrogens is 276 g/mol. The zero-order chi connectivity index (χ0) is 13.4. The lowest BCUT2D eigenvalue weighted by molar-refractivity contribution is 0.0724. The van der Waals surface area contributed by atoms with Gasteiger partial charge in [-0.25, -0.2) is 4.72 Å². The molecule has 108 valence electrons. The fourth-order valence-corrected chi connectivity index (χ4v) is 3.58. The average Bonchev–Trinajstić information content (AvgIpc) is 2.38. The third-order valence-electron chi connectivity index (χ3n) is 3.08. The molecule has 0 aromatic rings. The molecule has 5 nitrogen and oxygen atoms in total. The van der Waals surface area contributed by atoms with Crippen molar-refractivity contribution in [2.45, 2.75) is 26.2 Å². The summed E-state index contributed by atoms with van der Waals surface area (Å²) in [5.74, 6) is 0.896. The summed E-state index contributed by atoms with van der Waals surface area (Å²) in [6.07, 6.45) is 2.89. The molecule has 0 spiro atoms. The van der Waals surface area contributed by atoms with Gasteiger partial charge in [-0.15, -0.1) is 11.6 Å². The van der Waals surface area contributed by atoms with Gasteiger partial charge in [-0.3, -0.25) is 0 Å². The maximum absolute atomic E-state index is 12.0. The van der Waals surface area contributed by atoms with Crippen molar-refractivity contribution >= 4 is 21.8 Å². The second-order valence-electron chi connectivity index (χ2n) is 4.50. The zero-order valence-corrected chi connectivity index (χ0v) is 12.5. The van der Waals surface area contributed by atoms with Gasteiger partial charge in [0.25, 0.3) is 10.2 Å². The first-order valence-corrected chi connectivity index (χ1v) is 8.46. The molecule has 1 unspecified atom stereocenters. The number of ether oxygens (including phenoxy) is 1. The van der Waals surface area contributed by atoms with E-state index in [1.54, 1.807) is 0 Å². The molecule has 1 atom stereocenters. The number of nitrogens with zero attached hydrogens (tertiary/aromatic N) is 1. The molecule has 0 aromatic heterocycles. The molecule has 1 aliphatic heterocycles. The van der Waals surface area contributed by atoms with Crippen molar-refractivity contribution in [1.29, 1.82) is 0 Å². The number of halogens is 1. The van der Waals surface area contributed by atoms with Gasteiger partial charge in [0.1, 0.15) is 0 Å². The van der Waals surface area contributed by atoms with E-state index in [2.05, 4.69) is 11.6 Å². The molecule has 0 amide bonds. The van der Waals surface area contributed by atoms with E-state index < -0.39 is 10.2 Å². The Morgan fingerprint density at radius 3 is 2.56 bits per heavy atom. The highest BCUT2D eigenvalue weighted by Crippen LogP contribution is 2.12. The quantitative estimate of drug-likeness (QED) is 0.685. The Morgan fingerprint density at radius 2 is 2.00 bits per heavy atom. The summed E-state index contributed by atoms with van der Waals surface area (Å²) in [6.45, 7) is 4.38. The Bertz CT molecular complexity index is 312. The van der Waals surface area contributed by atoms with Crippen molar-refractivity contribution in [1.82, 2.24) is 9.03 Å². The zero-order valence-electron chi connectivity index (χ0n) is 10.9. The molecule has 1 saturated heterocycles. The topological polar surface area (TPSA) is 58.6 Å². The monoisotopic (exact) mass is 298 g/mol. The summed E-state index contributed by atoms with van der Waals surface area (Å²) in [5.41, 5.74) is 0. The first kappa shape index (κ1) is 16.2. The van der Waals surface area contributed by atoms with Crippen LogP contribution in [0.1, 0.15) is 26.2 Å². The van der Waals surface area contributed by atoms with Crippen LogP contribution < -0.4 is 4.72 Å². The Morgan fingerprint density at radius 1 is 1.33 bits per heavy atom. The van der Waals surface area contributed by atoms with Crippen LogP contribution in [-0.4, -0.2) is 51.5 Å². The lowest BCUT2D eigenvalue weighted by atomic mass is 10.0. The standard InChI is InChI=1S/C11H23ClN2O3S/c1-2-3-11(4-5-12)10-13-18(15,16)14-6-8-17-9-7-14/h11,13H,2-10H2,1H3. The molecule has 1 aliphatic rings. The third-order valence-corrected chi connectivity index (χ3v) is 4.87. The van der Waals surface area contributed by atoms with Gasteiger partial charge in [-0.1, -0.05) is 13.3 Å². The molecule has 1 fully saturated rings. The van der Waals surface area contributed by atoms with Crippen molar-refractivity contribution < 1.29 is 13.2 Å². The van der Waals surface area contributed by atoms with Crippen molar-refractivity contribution in [3.8, 4) is 0 Å². The fraction of sp³-hybridized carbons (Fsp3) is 1.00. The van der Waals surface area contributed by atoms with E-state index in [1.807, 2.05) is 0 Å². The van der Waals surface area contributed by atoms with Gasteiger partial charge in [-0.2, -0.15) is 12.7 Å². The highest BCUT2D eigenvalue weighted by molar-refractivity contribution is 7.87. The molecule has 1 heterocycles. The highest BCUT2D eigenvalue weighted by atomic mass is 35.5. The lowest BCUT2D eigenvalue weighted by Crippen LogP contribution is -2.47. The largest absolute Gasteiger partial charge is 0.379 e. The molecular formula is C11H23ClN2O3S. The minimum absolute atomic E-state index is 0.323. The van der Waals surface area contributed by atoms with Crippen molar-refractivity contribution in [3.63, 3.8) is 0 Å². The van der Waals surface area contributed by atoms with Crippen LogP contribution in [0.15, 0.2) is 0 Å². The predicted molar refractivity (Wildman–Crippen MR) is 73.0 cm³/mol. The summed E-state index contributed by atoms with van der Waals surface area (Å²) in [4.78, 5) is 0. The van der Waals surface area contributed by atoms with Crippen molar-refractivity contribution in [2.75, 3.05) is 38.7 Å². The van der Waals surface area contributed by atoms with E-state index in [4.69, 9.17) is 16.3 Å². The Balaban J connectivity index is 2.43. The van der Waals surface area contributed by atoms with Crippen molar-refractivity contribution in [2.24, 2.45) is 5.92 Å². The molecule has 0 saturated carbocycles. The summed E-state index contributed by atoms with van der Waals surface area (Å²) < 4.78 is 33.3. The normalized spacial score (nSPS) is 19.9. The first-order valence-electron chi connectivity index (χ1n) is 6.48. The van der Waals surface area contributed by atoms with Gasteiger partial charge < -0.3 is 4.74 Å². The summed E-state index contributed by atoms with van der Waals surface area (Å²) in [7, 11) is -3.35. The van der Waals surface area contributed by atoms with E-state index in [0.717, 1.165) is 19.3 Å². The SMILES string of the molecule is CCCC(CCCl)CNS(=O)(=O)N1CCOCC1. The molecule has 1 N–H and O–H groups in total. The maximum Gasteiger partial charge on any atom is 0.279 e. The van der Waals surface area contributed by atoms with Gasteiger partial charge in [-0.05, 0) is 18.8 Å². The van der Waals surface area contributed by atoms with E-state index in [9.17, 15) is 8.42 Å². The Labute approximate surface area is 115 Å². The number of rotatable bonds is 8. The van der Waals surface area contributed by atoms with E-state index in [-0.39, 0.29) is 0 Å². The second kappa shape index (κ2) is 8.32. The van der Waals surface area contributed by atoms with Crippen LogP contribution in [0.2, 0.25) is 0 Å². The van der Waals surface area contributed by atoms with E-state index in [0.29, 0.717) is 44.6 Å². The smallest absolute Gasteiger partial charge is 0.279 e. The van der Waals surface area contributed by atoms with Crippen LogP contribution in [0.3, 0.4) is 0 Å². The molecule has 0 aliphatic carbocycles. The van der Waals surface area contributed by atoms with Crippen LogP contribution in [0.5, 0.6) is 0 Å². The Hall–Kier alpha value is 0.120. The van der Waals surface area contributed by atoms with Crippen LogP contribution in [0.4, 0.5) is 0 Å². The molecule has 0 aromatic carbocycles. The predicted octanol–water partition coefficient (Wildman–Crippen LogP) is 1.20. The Kier molecular flexibility index (Phi) is 7.48. The van der Waals surface area contributed by atoms with Crippen LogP contribution in [-0.2, 0) is 14.9 Å². The number of alkyl halides is 1. The van der Waals surface area contributed by atoms with Crippen molar-refractivity contribution in [3.05, 3.63) is 0 Å². The third kappa shape index (κ3) is 5.40. The molecule has 7 heteroatoms. The number of hydrogen-bond acceptors (Lipinski definition) is 3. The van der Waals surface area contributed by atoms with Gasteiger partial charge in [0.15, 0.2) is 0 Å². The van der Waals surface area contributed by atoms with E-state index in [1.165, 1.54) is 4.31 Å². The lowest BCUT2D eigenvalue weighted by Gasteiger charge is -2.27. The van der Waals surface area contributed by atoms with E-state index >= 15 is 0 Å². The number of hydrogen-bond donors (Lipinski definition) is 1. The summed E-state index contributed by atoms with van der Waals surface area (Å²) in [6, 6.07) is 0. The summed E-state index contributed by atoms with van der Waals surface area (Å²) in [5, 5.41) is 0.